The summed E-state index contributed by atoms with van der Waals surface area (Å²) in [5, 5.41) is 1.29. The maximum Gasteiger partial charge on any atom is 0.235 e. The Morgan fingerprint density at radius 2 is 1.79 bits per heavy atom. The van der Waals surface area contributed by atoms with Gasteiger partial charge in [0.25, 0.3) is 0 Å². The van der Waals surface area contributed by atoms with Gasteiger partial charge in [-0.25, -0.2) is 14.1 Å². The molecule has 0 saturated carbocycles. The third kappa shape index (κ3) is 4.77. The van der Waals surface area contributed by atoms with E-state index in [1.54, 1.807) is 0 Å². The van der Waals surface area contributed by atoms with Crippen molar-refractivity contribution in [2.24, 2.45) is 7.05 Å². The predicted octanol–water partition coefficient (Wildman–Crippen LogP) is 4.01. The minimum Gasteiger partial charge on any atom is -0.330 e. The number of pyridine rings is 2. The van der Waals surface area contributed by atoms with Crippen molar-refractivity contribution in [2.75, 3.05) is 26.2 Å². The predicted molar refractivity (Wildman–Crippen MR) is 137 cm³/mol. The third-order valence-electron chi connectivity index (χ3n) is 6.55. The van der Waals surface area contributed by atoms with Crippen LogP contribution in [0, 0.1) is 0 Å². The van der Waals surface area contributed by atoms with E-state index >= 15 is 0 Å². The molecule has 0 unspecified atom stereocenters. The van der Waals surface area contributed by atoms with E-state index < -0.39 is 0 Å². The summed E-state index contributed by atoms with van der Waals surface area (Å²) in [5.74, 6) is 0.159. The highest BCUT2D eigenvalue weighted by Crippen LogP contribution is 2.33. The molecule has 0 N–H and O–H groups in total. The van der Waals surface area contributed by atoms with Gasteiger partial charge in [-0.15, -0.1) is 0 Å². The van der Waals surface area contributed by atoms with Crippen molar-refractivity contribution in [2.45, 2.75) is 19.3 Å². The first-order chi connectivity index (χ1) is 16.4. The molecule has 34 heavy (non-hydrogen) atoms. The lowest BCUT2D eigenvalue weighted by Crippen LogP contribution is -2.47. The van der Waals surface area contributed by atoms with Gasteiger partial charge in [-0.3, -0.25) is 4.79 Å². The summed E-state index contributed by atoms with van der Waals surface area (Å²) in [6.07, 6.45) is 7.91. The van der Waals surface area contributed by atoms with Crippen molar-refractivity contribution in [1.29, 1.82) is 0 Å². The van der Waals surface area contributed by atoms with Crippen LogP contribution >= 0.6 is 39.1 Å². The van der Waals surface area contributed by atoms with Crippen LogP contribution in [0.1, 0.15) is 27.9 Å². The summed E-state index contributed by atoms with van der Waals surface area (Å²) in [6, 6.07) is 9.97. The molecule has 8 heteroatoms. The number of carbonyl (C=O) groups is 1. The molecule has 1 aliphatic heterocycles. The number of halogens is 3. The highest BCUT2D eigenvalue weighted by Gasteiger charge is 2.34. The summed E-state index contributed by atoms with van der Waals surface area (Å²) in [5.41, 5.74) is 6.37. The lowest BCUT2D eigenvalue weighted by Gasteiger charge is -2.27. The van der Waals surface area contributed by atoms with E-state index in [0.29, 0.717) is 29.6 Å². The van der Waals surface area contributed by atoms with Gasteiger partial charge in [-0.1, -0.05) is 23.2 Å². The monoisotopic (exact) mass is 558 g/mol. The first-order valence-electron chi connectivity index (χ1n) is 11.4. The Morgan fingerprint density at radius 3 is 2.53 bits per heavy atom. The number of rotatable bonds is 2. The first-order valence-corrected chi connectivity index (χ1v) is 12.9. The van der Waals surface area contributed by atoms with Gasteiger partial charge in [0.2, 0.25) is 11.6 Å². The maximum absolute atomic E-state index is 13.0. The van der Waals surface area contributed by atoms with Crippen molar-refractivity contribution in [3.63, 3.8) is 0 Å². The van der Waals surface area contributed by atoms with Gasteiger partial charge < -0.3 is 4.90 Å². The number of aryl methyl sites for hydroxylation is 3. The molecule has 174 valence electrons. The molecular formula is C26H25BrCl2N4O+2. The van der Waals surface area contributed by atoms with Crippen LogP contribution in [0.25, 0.3) is 0 Å². The Bertz CT molecular complexity index is 1300. The van der Waals surface area contributed by atoms with Crippen LogP contribution in [0.2, 0.25) is 10.0 Å². The zero-order valence-electron chi connectivity index (χ0n) is 18.9. The smallest absolute Gasteiger partial charge is 0.235 e. The van der Waals surface area contributed by atoms with Crippen molar-refractivity contribution in [3.05, 3.63) is 91.4 Å². The minimum atomic E-state index is 0.159. The van der Waals surface area contributed by atoms with E-state index in [9.17, 15) is 4.79 Å². The van der Waals surface area contributed by atoms with Crippen molar-refractivity contribution < 1.29 is 13.9 Å². The lowest BCUT2D eigenvalue weighted by molar-refractivity contribution is -0.671. The summed E-state index contributed by atoms with van der Waals surface area (Å²) in [6.45, 7) is 2.77. The summed E-state index contributed by atoms with van der Waals surface area (Å²) < 4.78 is 5.26. The fraction of sp³-hybridized carbons (Fsp3) is 0.308. The van der Waals surface area contributed by atoms with Crippen LogP contribution in [-0.4, -0.2) is 52.3 Å². The van der Waals surface area contributed by atoms with Gasteiger partial charge in [0.1, 0.15) is 12.7 Å². The van der Waals surface area contributed by atoms with E-state index in [4.69, 9.17) is 28.2 Å². The molecule has 1 fully saturated rings. The Morgan fingerprint density at radius 1 is 1.09 bits per heavy atom. The van der Waals surface area contributed by atoms with E-state index in [-0.39, 0.29) is 5.91 Å². The van der Waals surface area contributed by atoms with Crippen LogP contribution in [-0.2, 0) is 31.1 Å². The normalized spacial score (nSPS) is 15.6. The van der Waals surface area contributed by atoms with Gasteiger partial charge in [-0.2, -0.15) is 0 Å². The maximum atomic E-state index is 13.0. The average Bonchev–Trinajstić information content (AvgIpc) is 2.97. The van der Waals surface area contributed by atoms with E-state index in [0.717, 1.165) is 58.5 Å². The standard InChI is InChI=1S/C26H25BrCl2N4O/c1-31-6-4-17(5-7-31)12-23(34)32-8-10-33(11-9-32)26-24-18(14-21(28)15-22(24)29)2-3-19-13-20(27)16-30-25(19)26/h4-7,13-16H,2-3,8-12H2,1H3/q+2. The fourth-order valence-corrected chi connectivity index (χ4v) is 5.79. The molecule has 2 aliphatic rings. The molecule has 3 aromatic rings. The topological polar surface area (TPSA) is 40.1 Å². The number of benzene rings is 1. The lowest BCUT2D eigenvalue weighted by atomic mass is 10.00. The van der Waals surface area contributed by atoms with E-state index in [1.165, 1.54) is 5.56 Å². The quantitative estimate of drug-likeness (QED) is 0.445. The molecular weight excluding hydrogens is 535 g/mol. The SMILES string of the molecule is C[n+]1ccc(CC(=O)N2CC[N+](=C3c4ncc(Br)cc4CCc4cc(Cl)cc(Cl)c43)CC2)cc1. The molecule has 5 nitrogen and oxygen atoms in total. The number of hydrogen-bond acceptors (Lipinski definition) is 2. The zero-order valence-corrected chi connectivity index (χ0v) is 22.0. The Balaban J connectivity index is 1.47. The number of aromatic nitrogens is 2. The Labute approximate surface area is 217 Å². The number of carbonyl (C=O) groups excluding carboxylic acids is 1. The summed E-state index contributed by atoms with van der Waals surface area (Å²) >= 11 is 16.7. The number of amides is 1. The van der Waals surface area contributed by atoms with E-state index in [1.807, 2.05) is 59.4 Å². The summed E-state index contributed by atoms with van der Waals surface area (Å²) in [7, 11) is 1.97. The van der Waals surface area contributed by atoms with Crippen LogP contribution in [0.4, 0.5) is 0 Å². The number of piperazine rings is 1. The highest BCUT2D eigenvalue weighted by atomic mass is 79.9. The highest BCUT2D eigenvalue weighted by molar-refractivity contribution is 9.10. The second-order valence-corrected chi connectivity index (χ2v) is 10.6. The summed E-state index contributed by atoms with van der Waals surface area (Å²) in [4.78, 5) is 19.7. The Hall–Kier alpha value is -2.28. The number of fused-ring (bicyclic) bond motifs is 2. The fourth-order valence-electron chi connectivity index (χ4n) is 4.79. The second kappa shape index (κ2) is 9.76. The second-order valence-electron chi connectivity index (χ2n) is 8.85. The van der Waals surface area contributed by atoms with Gasteiger partial charge in [0.15, 0.2) is 25.5 Å². The van der Waals surface area contributed by atoms with E-state index in [2.05, 4.69) is 26.6 Å². The van der Waals surface area contributed by atoms with Gasteiger partial charge in [0.05, 0.1) is 30.1 Å². The van der Waals surface area contributed by atoms with Gasteiger partial charge >= 0.3 is 0 Å². The first kappa shape index (κ1) is 23.5. The van der Waals surface area contributed by atoms with Crippen molar-refractivity contribution >= 4 is 50.8 Å². The molecule has 2 aromatic heterocycles. The molecule has 1 amide bonds. The van der Waals surface area contributed by atoms with Crippen molar-refractivity contribution in [1.82, 2.24) is 9.88 Å². The Kier molecular flexibility index (Phi) is 6.74. The molecule has 1 saturated heterocycles. The van der Waals surface area contributed by atoms with Crippen LogP contribution in [0.15, 0.2) is 53.4 Å². The molecule has 1 aliphatic carbocycles. The molecule has 0 atom stereocenters. The minimum absolute atomic E-state index is 0.159. The molecule has 5 rings (SSSR count). The largest absolute Gasteiger partial charge is 0.330 e. The van der Waals surface area contributed by atoms with Gasteiger partial charge in [-0.05, 0) is 63.7 Å². The van der Waals surface area contributed by atoms with Crippen LogP contribution < -0.4 is 4.57 Å². The van der Waals surface area contributed by atoms with Crippen LogP contribution in [0.3, 0.4) is 0 Å². The molecule has 3 heterocycles. The van der Waals surface area contributed by atoms with Gasteiger partial charge in [0, 0.05) is 27.8 Å². The number of nitrogens with zero attached hydrogens (tertiary/aromatic N) is 4. The zero-order chi connectivity index (χ0) is 23.8. The molecule has 1 aromatic carbocycles. The van der Waals surface area contributed by atoms with Crippen LogP contribution in [0.5, 0.6) is 0 Å². The van der Waals surface area contributed by atoms with Crippen molar-refractivity contribution in [3.8, 4) is 0 Å². The molecule has 0 bridgehead atoms. The third-order valence-corrected chi connectivity index (χ3v) is 7.50. The molecule has 0 radical (unpaired) electrons. The molecule has 0 spiro atoms. The number of hydrogen-bond donors (Lipinski definition) is 0. The average molecular weight is 560 g/mol.